The molecule has 1 N–H and O–H groups in total. The third kappa shape index (κ3) is 3.79. The van der Waals surface area contributed by atoms with Gasteiger partial charge in [0.05, 0.1) is 0 Å². The summed E-state index contributed by atoms with van der Waals surface area (Å²) in [6, 6.07) is 0. The van der Waals surface area contributed by atoms with Gasteiger partial charge in [0, 0.05) is 6.61 Å². The van der Waals surface area contributed by atoms with Gasteiger partial charge in [-0.2, -0.15) is 0 Å². The number of rotatable bonds is 5. The second-order valence-electron chi connectivity index (χ2n) is 5.62. The van der Waals surface area contributed by atoms with Crippen LogP contribution in [0.4, 0.5) is 0 Å². The lowest BCUT2D eigenvalue weighted by molar-refractivity contribution is 0.104. The Hall–Kier alpha value is -0.0400. The van der Waals surface area contributed by atoms with Crippen LogP contribution in [0, 0.1) is 23.7 Å². The van der Waals surface area contributed by atoms with Crippen LogP contribution in [0.3, 0.4) is 0 Å². The van der Waals surface area contributed by atoms with Crippen molar-refractivity contribution in [3.8, 4) is 0 Å². The molecule has 1 nitrogen and oxygen atoms in total. The SMILES string of the molecule is CCC[C@H](C)[C@@H]1CC[C@@H](C)C[C@H]1CCO. The molecule has 0 unspecified atom stereocenters. The maximum atomic E-state index is 9.13. The molecular formula is C14H28O. The zero-order valence-corrected chi connectivity index (χ0v) is 10.7. The normalized spacial score (nSPS) is 34.0. The fourth-order valence-electron chi connectivity index (χ4n) is 3.44. The highest BCUT2D eigenvalue weighted by atomic mass is 16.3. The summed E-state index contributed by atoms with van der Waals surface area (Å²) in [4.78, 5) is 0. The predicted octanol–water partition coefficient (Wildman–Crippen LogP) is 3.86. The second-order valence-corrected chi connectivity index (χ2v) is 5.62. The summed E-state index contributed by atoms with van der Waals surface area (Å²) >= 11 is 0. The zero-order chi connectivity index (χ0) is 11.3. The molecule has 0 heterocycles. The van der Waals surface area contributed by atoms with Crippen molar-refractivity contribution in [1.29, 1.82) is 0 Å². The average molecular weight is 212 g/mol. The molecule has 0 spiro atoms. The highest BCUT2D eigenvalue weighted by Crippen LogP contribution is 2.40. The van der Waals surface area contributed by atoms with Crippen LogP contribution in [0.25, 0.3) is 0 Å². The Kier molecular flexibility index (Phi) is 5.66. The fourth-order valence-corrected chi connectivity index (χ4v) is 3.44. The average Bonchev–Trinajstić information content (AvgIpc) is 2.18. The van der Waals surface area contributed by atoms with Crippen molar-refractivity contribution in [3.05, 3.63) is 0 Å². The standard InChI is InChI=1S/C14H28O/c1-4-5-12(3)14-7-6-11(2)10-13(14)8-9-15/h11-15H,4-10H2,1-3H3/t11-,12+,13-,14+/m1/s1. The van der Waals surface area contributed by atoms with Gasteiger partial charge in [-0.25, -0.2) is 0 Å². The Balaban J connectivity index is 2.51. The van der Waals surface area contributed by atoms with Crippen LogP contribution in [0.5, 0.6) is 0 Å². The molecule has 0 radical (unpaired) electrons. The van der Waals surface area contributed by atoms with Gasteiger partial charge < -0.3 is 5.11 Å². The van der Waals surface area contributed by atoms with E-state index in [0.717, 1.165) is 30.1 Å². The van der Waals surface area contributed by atoms with Crippen LogP contribution in [-0.2, 0) is 0 Å². The van der Waals surface area contributed by atoms with Crippen molar-refractivity contribution in [3.63, 3.8) is 0 Å². The first-order valence-electron chi connectivity index (χ1n) is 6.79. The second kappa shape index (κ2) is 6.52. The third-order valence-electron chi connectivity index (χ3n) is 4.28. The Morgan fingerprint density at radius 2 is 2.07 bits per heavy atom. The van der Waals surface area contributed by atoms with E-state index >= 15 is 0 Å². The Morgan fingerprint density at radius 1 is 1.33 bits per heavy atom. The van der Waals surface area contributed by atoms with Gasteiger partial charge in [0.1, 0.15) is 0 Å². The van der Waals surface area contributed by atoms with Crippen molar-refractivity contribution in [2.45, 2.75) is 59.3 Å². The molecule has 15 heavy (non-hydrogen) atoms. The van der Waals surface area contributed by atoms with Crippen molar-refractivity contribution < 1.29 is 5.11 Å². The summed E-state index contributed by atoms with van der Waals surface area (Å²) in [7, 11) is 0. The number of aliphatic hydroxyl groups is 1. The molecule has 1 aliphatic rings. The Morgan fingerprint density at radius 3 is 2.67 bits per heavy atom. The van der Waals surface area contributed by atoms with Crippen molar-refractivity contribution in [2.75, 3.05) is 6.61 Å². The zero-order valence-electron chi connectivity index (χ0n) is 10.7. The summed E-state index contributed by atoms with van der Waals surface area (Å²) in [5.74, 6) is 3.42. The minimum absolute atomic E-state index is 0.382. The molecule has 90 valence electrons. The molecular weight excluding hydrogens is 184 g/mol. The molecule has 4 atom stereocenters. The van der Waals surface area contributed by atoms with Crippen molar-refractivity contribution in [2.24, 2.45) is 23.7 Å². The van der Waals surface area contributed by atoms with Gasteiger partial charge in [-0.15, -0.1) is 0 Å². The van der Waals surface area contributed by atoms with Crippen molar-refractivity contribution >= 4 is 0 Å². The van der Waals surface area contributed by atoms with E-state index in [1.165, 1.54) is 32.1 Å². The molecule has 0 amide bonds. The molecule has 1 heteroatoms. The van der Waals surface area contributed by atoms with Crippen molar-refractivity contribution in [1.82, 2.24) is 0 Å². The predicted molar refractivity (Wildman–Crippen MR) is 65.8 cm³/mol. The van der Waals surface area contributed by atoms with E-state index in [0.29, 0.717) is 6.61 Å². The molecule has 0 aromatic heterocycles. The summed E-state index contributed by atoms with van der Waals surface area (Å²) in [6.07, 6.45) is 7.84. The van der Waals surface area contributed by atoms with Crippen LogP contribution in [-0.4, -0.2) is 11.7 Å². The monoisotopic (exact) mass is 212 g/mol. The Labute approximate surface area is 95.3 Å². The number of aliphatic hydroxyl groups excluding tert-OH is 1. The van der Waals surface area contributed by atoms with Gasteiger partial charge in [0.2, 0.25) is 0 Å². The molecule has 1 rings (SSSR count). The highest BCUT2D eigenvalue weighted by Gasteiger charge is 2.31. The Bertz CT molecular complexity index is 167. The molecule has 0 aromatic rings. The summed E-state index contributed by atoms with van der Waals surface area (Å²) < 4.78 is 0. The van der Waals surface area contributed by atoms with Gasteiger partial charge in [-0.05, 0) is 42.9 Å². The molecule has 0 aliphatic heterocycles. The smallest absolute Gasteiger partial charge is 0.0433 e. The van der Waals surface area contributed by atoms with Gasteiger partial charge >= 0.3 is 0 Å². The topological polar surface area (TPSA) is 20.2 Å². The maximum absolute atomic E-state index is 9.13. The molecule has 1 aliphatic carbocycles. The molecule has 0 bridgehead atoms. The molecule has 1 saturated carbocycles. The van der Waals surface area contributed by atoms with E-state index < -0.39 is 0 Å². The minimum Gasteiger partial charge on any atom is -0.396 e. The highest BCUT2D eigenvalue weighted by molar-refractivity contribution is 4.81. The largest absolute Gasteiger partial charge is 0.396 e. The third-order valence-corrected chi connectivity index (χ3v) is 4.28. The first-order valence-corrected chi connectivity index (χ1v) is 6.79. The van der Waals surface area contributed by atoms with Gasteiger partial charge in [-0.3, -0.25) is 0 Å². The number of hydrogen-bond acceptors (Lipinski definition) is 1. The van der Waals surface area contributed by atoms with Gasteiger partial charge in [-0.1, -0.05) is 40.0 Å². The number of hydrogen-bond donors (Lipinski definition) is 1. The molecule has 0 aromatic carbocycles. The lowest BCUT2D eigenvalue weighted by Gasteiger charge is -2.38. The lowest BCUT2D eigenvalue weighted by atomic mass is 9.68. The van der Waals surface area contributed by atoms with E-state index in [4.69, 9.17) is 5.11 Å². The lowest BCUT2D eigenvalue weighted by Crippen LogP contribution is -2.29. The van der Waals surface area contributed by atoms with E-state index in [-0.39, 0.29) is 0 Å². The van der Waals surface area contributed by atoms with E-state index in [9.17, 15) is 0 Å². The van der Waals surface area contributed by atoms with Crippen LogP contribution in [0.2, 0.25) is 0 Å². The fraction of sp³-hybridized carbons (Fsp3) is 1.00. The first-order chi connectivity index (χ1) is 7.19. The summed E-state index contributed by atoms with van der Waals surface area (Å²) in [6.45, 7) is 7.44. The van der Waals surface area contributed by atoms with Gasteiger partial charge in [0.15, 0.2) is 0 Å². The molecule has 0 saturated heterocycles. The van der Waals surface area contributed by atoms with Crippen LogP contribution < -0.4 is 0 Å². The van der Waals surface area contributed by atoms with E-state index in [2.05, 4.69) is 20.8 Å². The quantitative estimate of drug-likeness (QED) is 0.733. The van der Waals surface area contributed by atoms with Crippen LogP contribution >= 0.6 is 0 Å². The molecule has 1 fully saturated rings. The van der Waals surface area contributed by atoms with E-state index in [1.807, 2.05) is 0 Å². The van der Waals surface area contributed by atoms with Crippen LogP contribution in [0.1, 0.15) is 59.3 Å². The first kappa shape index (κ1) is 13.0. The summed E-state index contributed by atoms with van der Waals surface area (Å²) in [5, 5.41) is 9.13. The minimum atomic E-state index is 0.382. The maximum Gasteiger partial charge on any atom is 0.0433 e. The summed E-state index contributed by atoms with van der Waals surface area (Å²) in [5.41, 5.74) is 0. The van der Waals surface area contributed by atoms with Crippen LogP contribution in [0.15, 0.2) is 0 Å². The van der Waals surface area contributed by atoms with E-state index in [1.54, 1.807) is 0 Å². The van der Waals surface area contributed by atoms with Gasteiger partial charge in [0.25, 0.3) is 0 Å².